The van der Waals surface area contributed by atoms with E-state index in [2.05, 4.69) is 34.9 Å². The van der Waals surface area contributed by atoms with Crippen molar-refractivity contribution in [1.29, 1.82) is 0 Å². The molecule has 0 heterocycles. The first-order valence-electron chi connectivity index (χ1n) is 11.8. The number of carbonyl (C=O) groups is 3. The molecule has 0 aromatic heterocycles. The SMILES string of the molecule is CCCC(CNC(=O)OCC1c2ccccc2-c2ccccc21)C(=O)NC(C)(C)CCC(=O)O. The smallest absolute Gasteiger partial charge is 0.407 e. The maximum absolute atomic E-state index is 12.8. The van der Waals surface area contributed by atoms with Gasteiger partial charge >= 0.3 is 12.1 Å². The summed E-state index contributed by atoms with van der Waals surface area (Å²) in [4.78, 5) is 36.1. The average molecular weight is 467 g/mol. The number of hydrogen-bond donors (Lipinski definition) is 3. The van der Waals surface area contributed by atoms with Crippen molar-refractivity contribution in [3.8, 4) is 11.1 Å². The van der Waals surface area contributed by atoms with Gasteiger partial charge in [0.15, 0.2) is 0 Å². The molecule has 7 nitrogen and oxygen atoms in total. The minimum Gasteiger partial charge on any atom is -0.481 e. The van der Waals surface area contributed by atoms with Gasteiger partial charge in [-0.1, -0.05) is 61.9 Å². The Morgan fingerprint density at radius 3 is 2.18 bits per heavy atom. The van der Waals surface area contributed by atoms with Gasteiger partial charge in [-0.25, -0.2) is 4.79 Å². The lowest BCUT2D eigenvalue weighted by Gasteiger charge is -2.28. The Balaban J connectivity index is 1.55. The fraction of sp³-hybridized carbons (Fsp3) is 0.444. The van der Waals surface area contributed by atoms with Crippen molar-refractivity contribution in [3.63, 3.8) is 0 Å². The molecule has 182 valence electrons. The summed E-state index contributed by atoms with van der Waals surface area (Å²) >= 11 is 0. The van der Waals surface area contributed by atoms with Crippen LogP contribution in [0.5, 0.6) is 0 Å². The van der Waals surface area contributed by atoms with E-state index in [1.165, 1.54) is 0 Å². The molecule has 2 aromatic carbocycles. The van der Waals surface area contributed by atoms with Crippen LogP contribution < -0.4 is 10.6 Å². The van der Waals surface area contributed by atoms with Gasteiger partial charge in [0, 0.05) is 24.4 Å². The number of benzene rings is 2. The quantitative estimate of drug-likeness (QED) is 0.445. The average Bonchev–Trinajstić information content (AvgIpc) is 3.12. The predicted octanol–water partition coefficient (Wildman–Crippen LogP) is 4.70. The topological polar surface area (TPSA) is 105 Å². The molecule has 7 heteroatoms. The van der Waals surface area contributed by atoms with Crippen molar-refractivity contribution in [2.45, 2.75) is 57.9 Å². The van der Waals surface area contributed by atoms with E-state index in [0.717, 1.165) is 28.7 Å². The number of aliphatic carboxylic acids is 1. The molecule has 3 rings (SSSR count). The molecule has 0 aliphatic heterocycles. The fourth-order valence-corrected chi connectivity index (χ4v) is 4.45. The number of hydrogen-bond acceptors (Lipinski definition) is 4. The molecule has 0 spiro atoms. The number of amides is 2. The molecule has 0 saturated carbocycles. The number of alkyl carbamates (subject to hydrolysis) is 1. The first kappa shape index (κ1) is 25.3. The van der Waals surface area contributed by atoms with E-state index in [1.54, 1.807) is 13.8 Å². The van der Waals surface area contributed by atoms with E-state index in [4.69, 9.17) is 9.84 Å². The van der Waals surface area contributed by atoms with Gasteiger partial charge in [-0.2, -0.15) is 0 Å². The van der Waals surface area contributed by atoms with Crippen molar-refractivity contribution >= 4 is 18.0 Å². The number of carbonyl (C=O) groups excluding carboxylic acids is 2. The number of nitrogens with one attached hydrogen (secondary N) is 2. The molecule has 1 aliphatic carbocycles. The largest absolute Gasteiger partial charge is 0.481 e. The van der Waals surface area contributed by atoms with Crippen molar-refractivity contribution in [2.24, 2.45) is 5.92 Å². The highest BCUT2D eigenvalue weighted by molar-refractivity contribution is 5.81. The van der Waals surface area contributed by atoms with Crippen LogP contribution in [0, 0.1) is 5.92 Å². The lowest BCUT2D eigenvalue weighted by Crippen LogP contribution is -2.48. The van der Waals surface area contributed by atoms with Crippen LogP contribution in [0.2, 0.25) is 0 Å². The molecule has 3 N–H and O–H groups in total. The van der Waals surface area contributed by atoms with Gasteiger partial charge in [0.25, 0.3) is 0 Å². The maximum atomic E-state index is 12.8. The molecule has 0 bridgehead atoms. The van der Waals surface area contributed by atoms with Gasteiger partial charge in [0.1, 0.15) is 6.61 Å². The van der Waals surface area contributed by atoms with Crippen LogP contribution in [0.1, 0.15) is 63.5 Å². The number of fused-ring (bicyclic) bond motifs is 3. The van der Waals surface area contributed by atoms with Crippen LogP contribution >= 0.6 is 0 Å². The van der Waals surface area contributed by atoms with Gasteiger partial charge in [-0.15, -0.1) is 0 Å². The van der Waals surface area contributed by atoms with Crippen LogP contribution in [0.4, 0.5) is 4.79 Å². The first-order chi connectivity index (χ1) is 16.2. The number of ether oxygens (including phenoxy) is 1. The molecule has 1 aliphatic rings. The van der Waals surface area contributed by atoms with Crippen LogP contribution in [-0.4, -0.2) is 41.8 Å². The summed E-state index contributed by atoms with van der Waals surface area (Å²) in [7, 11) is 0. The van der Waals surface area contributed by atoms with Gasteiger partial charge in [0.2, 0.25) is 5.91 Å². The van der Waals surface area contributed by atoms with Crippen molar-refractivity contribution in [1.82, 2.24) is 10.6 Å². The number of carboxylic acid groups (broad SMARTS) is 1. The lowest BCUT2D eigenvalue weighted by atomic mass is 9.95. The second kappa shape index (κ2) is 11.2. The van der Waals surface area contributed by atoms with Gasteiger partial charge < -0.3 is 20.5 Å². The van der Waals surface area contributed by atoms with E-state index in [0.29, 0.717) is 12.8 Å². The van der Waals surface area contributed by atoms with Crippen LogP contribution in [0.25, 0.3) is 11.1 Å². The van der Waals surface area contributed by atoms with Crippen molar-refractivity contribution in [3.05, 3.63) is 59.7 Å². The second-order valence-electron chi connectivity index (χ2n) is 9.46. The van der Waals surface area contributed by atoms with E-state index < -0.39 is 23.5 Å². The van der Waals surface area contributed by atoms with Crippen LogP contribution in [0.3, 0.4) is 0 Å². The molecule has 0 saturated heterocycles. The monoisotopic (exact) mass is 466 g/mol. The Morgan fingerprint density at radius 2 is 1.62 bits per heavy atom. The first-order valence-corrected chi connectivity index (χ1v) is 11.8. The van der Waals surface area contributed by atoms with E-state index in [1.807, 2.05) is 31.2 Å². The van der Waals surface area contributed by atoms with Crippen LogP contribution in [-0.2, 0) is 14.3 Å². The molecule has 0 radical (unpaired) electrons. The highest BCUT2D eigenvalue weighted by atomic mass is 16.5. The molecule has 1 unspecified atom stereocenters. The molecule has 34 heavy (non-hydrogen) atoms. The predicted molar refractivity (Wildman–Crippen MR) is 131 cm³/mol. The third kappa shape index (κ3) is 6.37. The molecule has 0 fully saturated rings. The van der Waals surface area contributed by atoms with Crippen molar-refractivity contribution in [2.75, 3.05) is 13.2 Å². The van der Waals surface area contributed by atoms with Gasteiger partial charge in [-0.3, -0.25) is 9.59 Å². The zero-order chi connectivity index (χ0) is 24.7. The van der Waals surface area contributed by atoms with E-state index in [9.17, 15) is 14.4 Å². The third-order valence-corrected chi connectivity index (χ3v) is 6.27. The summed E-state index contributed by atoms with van der Waals surface area (Å²) in [6, 6.07) is 16.3. The fourth-order valence-electron chi connectivity index (χ4n) is 4.45. The number of rotatable bonds is 11. The zero-order valence-electron chi connectivity index (χ0n) is 20.1. The summed E-state index contributed by atoms with van der Waals surface area (Å²) in [5.41, 5.74) is 3.96. The molecule has 2 amide bonds. The second-order valence-corrected chi connectivity index (χ2v) is 9.46. The normalized spacial score (nSPS) is 13.5. The Labute approximate surface area is 200 Å². The third-order valence-electron chi connectivity index (χ3n) is 6.27. The number of carboxylic acids is 1. The van der Waals surface area contributed by atoms with Gasteiger partial charge in [-0.05, 0) is 48.9 Å². The summed E-state index contributed by atoms with van der Waals surface area (Å²) in [5.74, 6) is -1.54. The minimum atomic E-state index is -0.899. The maximum Gasteiger partial charge on any atom is 0.407 e. The zero-order valence-corrected chi connectivity index (χ0v) is 20.1. The highest BCUT2D eigenvalue weighted by Crippen LogP contribution is 2.44. The summed E-state index contributed by atoms with van der Waals surface area (Å²) in [5, 5.41) is 14.6. The summed E-state index contributed by atoms with van der Waals surface area (Å²) in [6.45, 7) is 5.95. The highest BCUT2D eigenvalue weighted by Gasteiger charge is 2.30. The molecular weight excluding hydrogens is 432 g/mol. The molecule has 1 atom stereocenters. The molecular formula is C27H34N2O5. The Morgan fingerprint density at radius 1 is 1.03 bits per heavy atom. The summed E-state index contributed by atoms with van der Waals surface area (Å²) in [6.07, 6.45) is 1.13. The van der Waals surface area contributed by atoms with E-state index in [-0.39, 0.29) is 31.4 Å². The minimum absolute atomic E-state index is 0.0241. The standard InChI is InChI=1S/C27H34N2O5/c1-4-9-18(25(32)29-27(2,3)15-14-24(30)31)16-28-26(33)34-17-23-21-12-7-5-10-19(21)20-11-6-8-13-22(20)23/h5-8,10-13,18,23H,4,9,14-17H2,1-3H3,(H,28,33)(H,29,32)(H,30,31). The van der Waals surface area contributed by atoms with E-state index >= 15 is 0 Å². The Bertz CT molecular complexity index is 988. The Kier molecular flexibility index (Phi) is 8.31. The van der Waals surface area contributed by atoms with Crippen molar-refractivity contribution < 1.29 is 24.2 Å². The molecule has 2 aromatic rings. The lowest BCUT2D eigenvalue weighted by molar-refractivity contribution is -0.138. The van der Waals surface area contributed by atoms with Gasteiger partial charge in [0.05, 0.1) is 5.92 Å². The Hall–Kier alpha value is -3.35. The summed E-state index contributed by atoms with van der Waals surface area (Å²) < 4.78 is 5.57. The van der Waals surface area contributed by atoms with Crippen LogP contribution in [0.15, 0.2) is 48.5 Å².